The van der Waals surface area contributed by atoms with Gasteiger partial charge in [-0.1, -0.05) is 98.3 Å². The highest BCUT2D eigenvalue weighted by Gasteiger charge is 2.22. The second-order valence-corrected chi connectivity index (χ2v) is 12.8. The maximum absolute atomic E-state index is 15.2. The maximum Gasteiger partial charge on any atom is 0.256 e. The highest BCUT2D eigenvalue weighted by Crippen LogP contribution is 2.30. The largest absolute Gasteiger partial charge is 0.284 e. The van der Waals surface area contributed by atoms with E-state index in [1.54, 1.807) is 18.6 Å². The molecule has 7 heteroatoms. The lowest BCUT2D eigenvalue weighted by Gasteiger charge is -2.16. The van der Waals surface area contributed by atoms with Gasteiger partial charge in [0.1, 0.15) is 18.0 Å². The number of carbonyl (C=O) groups excluding carboxylic acids is 1. The average molecular weight is 684 g/mol. The van der Waals surface area contributed by atoms with Crippen LogP contribution in [0.5, 0.6) is 0 Å². The van der Waals surface area contributed by atoms with Crippen LogP contribution in [-0.4, -0.2) is 24.3 Å². The van der Waals surface area contributed by atoms with Crippen LogP contribution < -0.4 is 10.3 Å². The molecule has 1 amide bonds. The van der Waals surface area contributed by atoms with Crippen LogP contribution in [0.1, 0.15) is 35.6 Å². The van der Waals surface area contributed by atoms with Crippen LogP contribution in [0.2, 0.25) is 0 Å². The SMILES string of the molecule is CCCc1ccc(-c2ccc(CCc3ccc(-c4ccc5cc(N6C(=N)C=CC6=O)ccc5c4)cc3)c(/C=N/NC=Nc3ccccc3)c2)c(F)c1. The van der Waals surface area contributed by atoms with Gasteiger partial charge in [-0.05, 0) is 118 Å². The van der Waals surface area contributed by atoms with E-state index in [9.17, 15) is 4.79 Å². The van der Waals surface area contributed by atoms with Gasteiger partial charge in [-0.3, -0.25) is 20.5 Å². The van der Waals surface area contributed by atoms with E-state index in [0.29, 0.717) is 11.3 Å². The van der Waals surface area contributed by atoms with Crippen molar-refractivity contribution in [2.75, 3.05) is 4.90 Å². The van der Waals surface area contributed by atoms with Gasteiger partial charge in [-0.2, -0.15) is 5.10 Å². The number of nitrogens with one attached hydrogen (secondary N) is 2. The molecule has 6 aromatic rings. The third-order valence-corrected chi connectivity index (χ3v) is 9.23. The van der Waals surface area contributed by atoms with Crippen molar-refractivity contribution >= 4 is 46.4 Å². The number of benzene rings is 6. The molecule has 0 fully saturated rings. The number of amides is 1. The molecule has 0 aliphatic carbocycles. The number of carbonyl (C=O) groups is 1. The number of rotatable bonds is 12. The molecule has 1 aliphatic rings. The summed E-state index contributed by atoms with van der Waals surface area (Å²) >= 11 is 0. The first kappa shape index (κ1) is 34.0. The van der Waals surface area contributed by atoms with Gasteiger partial charge in [0, 0.05) is 11.6 Å². The molecule has 256 valence electrons. The molecule has 0 aromatic heterocycles. The van der Waals surface area contributed by atoms with Crippen molar-refractivity contribution in [1.29, 1.82) is 5.41 Å². The molecule has 2 N–H and O–H groups in total. The molecule has 1 aliphatic heterocycles. The lowest BCUT2D eigenvalue weighted by atomic mass is 9.94. The molecule has 0 radical (unpaired) electrons. The van der Waals surface area contributed by atoms with Gasteiger partial charge in [0.15, 0.2) is 0 Å². The third kappa shape index (κ3) is 7.79. The Morgan fingerprint density at radius 3 is 2.25 bits per heavy atom. The fourth-order valence-corrected chi connectivity index (χ4v) is 6.48. The van der Waals surface area contributed by atoms with Gasteiger partial charge in [0.25, 0.3) is 5.91 Å². The lowest BCUT2D eigenvalue weighted by Crippen LogP contribution is -2.28. The normalized spacial score (nSPS) is 12.9. The molecule has 7 rings (SSSR count). The zero-order chi connectivity index (χ0) is 35.9. The summed E-state index contributed by atoms with van der Waals surface area (Å²) in [5.74, 6) is -0.247. The smallest absolute Gasteiger partial charge is 0.256 e. The molecule has 0 unspecified atom stereocenters. The van der Waals surface area contributed by atoms with Crippen molar-refractivity contribution in [3.05, 3.63) is 168 Å². The minimum atomic E-state index is -0.219. The number of aryl methyl sites for hydroxylation is 3. The summed E-state index contributed by atoms with van der Waals surface area (Å²) < 4.78 is 15.2. The molecule has 0 saturated heterocycles. The number of halogens is 1. The summed E-state index contributed by atoms with van der Waals surface area (Å²) in [6, 6.07) is 42.0. The molecule has 0 saturated carbocycles. The van der Waals surface area contributed by atoms with Crippen LogP contribution in [0.15, 0.2) is 150 Å². The van der Waals surface area contributed by atoms with E-state index < -0.39 is 0 Å². The van der Waals surface area contributed by atoms with Crippen LogP contribution in [-0.2, 0) is 24.1 Å². The quantitative estimate of drug-likeness (QED) is 0.0765. The second-order valence-electron chi connectivity index (χ2n) is 12.8. The maximum atomic E-state index is 15.2. The first-order valence-electron chi connectivity index (χ1n) is 17.5. The number of hydrogen-bond acceptors (Lipinski definition) is 4. The van der Waals surface area contributed by atoms with E-state index in [1.165, 1.54) is 22.6 Å². The van der Waals surface area contributed by atoms with E-state index in [4.69, 9.17) is 5.41 Å². The van der Waals surface area contributed by atoms with Crippen LogP contribution in [0.4, 0.5) is 15.8 Å². The molecule has 52 heavy (non-hydrogen) atoms. The number of fused-ring (bicyclic) bond motifs is 1. The van der Waals surface area contributed by atoms with E-state index in [2.05, 4.69) is 71.0 Å². The molecule has 0 atom stereocenters. The summed E-state index contributed by atoms with van der Waals surface area (Å²) in [6.45, 7) is 2.10. The summed E-state index contributed by atoms with van der Waals surface area (Å²) in [4.78, 5) is 18.0. The van der Waals surface area contributed by atoms with Gasteiger partial charge in [0.2, 0.25) is 0 Å². The van der Waals surface area contributed by atoms with Crippen LogP contribution in [0.3, 0.4) is 0 Å². The Morgan fingerprint density at radius 1 is 0.731 bits per heavy atom. The van der Waals surface area contributed by atoms with Gasteiger partial charge in [0.05, 0.1) is 17.6 Å². The molecule has 6 aromatic carbocycles. The number of para-hydroxylation sites is 1. The van der Waals surface area contributed by atoms with Crippen molar-refractivity contribution in [3.8, 4) is 22.3 Å². The Labute approximate surface area is 303 Å². The Hall–Kier alpha value is -6.47. The van der Waals surface area contributed by atoms with Crippen molar-refractivity contribution in [2.24, 2.45) is 10.1 Å². The fraction of sp³-hybridized carbons (Fsp3) is 0.111. The van der Waals surface area contributed by atoms with E-state index in [1.807, 2.05) is 72.8 Å². The standard InChI is InChI=1S/C45H38FN5O/c1-2-6-32-12-22-42(43(46)25-32)38-19-16-34(39(27-38)29-49-50-30-48-40-7-4-3-5-8-40)15-11-31-9-13-33(14-10-31)35-17-18-37-28-41(21-20-36(37)26-35)51-44(47)23-24-45(51)52/h3-5,7-10,12-14,16-30,47H,2,6,11,15H2,1H3,(H,48,50)/b47-44?,49-29+. The van der Waals surface area contributed by atoms with Crippen molar-refractivity contribution in [2.45, 2.75) is 32.6 Å². The first-order valence-corrected chi connectivity index (χ1v) is 17.5. The van der Waals surface area contributed by atoms with Gasteiger partial charge in [-0.25, -0.2) is 9.38 Å². The Balaban J connectivity index is 1.07. The third-order valence-electron chi connectivity index (χ3n) is 9.23. The molecule has 0 spiro atoms. The minimum absolute atomic E-state index is 0.173. The van der Waals surface area contributed by atoms with Gasteiger partial charge in [-0.15, -0.1) is 0 Å². The predicted octanol–water partition coefficient (Wildman–Crippen LogP) is 10.2. The Morgan fingerprint density at radius 2 is 1.48 bits per heavy atom. The molecule has 6 nitrogen and oxygen atoms in total. The van der Waals surface area contributed by atoms with Crippen molar-refractivity contribution < 1.29 is 9.18 Å². The van der Waals surface area contributed by atoms with E-state index in [-0.39, 0.29) is 17.6 Å². The number of amidine groups is 1. The number of hydrogen-bond donors (Lipinski definition) is 2. The Bertz CT molecular complexity index is 2330. The van der Waals surface area contributed by atoms with Crippen molar-refractivity contribution in [3.63, 3.8) is 0 Å². The van der Waals surface area contributed by atoms with E-state index in [0.717, 1.165) is 75.5 Å². The van der Waals surface area contributed by atoms with Gasteiger partial charge < -0.3 is 0 Å². The first-order chi connectivity index (χ1) is 25.4. The van der Waals surface area contributed by atoms with Crippen LogP contribution in [0, 0.1) is 11.2 Å². The monoisotopic (exact) mass is 683 g/mol. The number of nitrogens with zero attached hydrogens (tertiary/aromatic N) is 3. The molecular weight excluding hydrogens is 646 g/mol. The predicted molar refractivity (Wildman–Crippen MR) is 212 cm³/mol. The van der Waals surface area contributed by atoms with Crippen molar-refractivity contribution in [1.82, 2.24) is 5.43 Å². The minimum Gasteiger partial charge on any atom is -0.284 e. The lowest BCUT2D eigenvalue weighted by molar-refractivity contribution is -0.113. The van der Waals surface area contributed by atoms with Crippen LogP contribution in [0.25, 0.3) is 33.0 Å². The summed E-state index contributed by atoms with van der Waals surface area (Å²) in [6.07, 6.45) is 9.68. The molecular formula is C45H38FN5O. The highest BCUT2D eigenvalue weighted by molar-refractivity contribution is 6.29. The zero-order valence-electron chi connectivity index (χ0n) is 28.9. The summed E-state index contributed by atoms with van der Waals surface area (Å²) in [7, 11) is 0. The number of anilines is 1. The summed E-state index contributed by atoms with van der Waals surface area (Å²) in [5.41, 5.74) is 12.2. The number of hydrazone groups is 1. The highest BCUT2D eigenvalue weighted by atomic mass is 19.1. The average Bonchev–Trinajstić information content (AvgIpc) is 3.51. The molecule has 0 bridgehead atoms. The van der Waals surface area contributed by atoms with Crippen LogP contribution >= 0.6 is 0 Å². The van der Waals surface area contributed by atoms with Gasteiger partial charge >= 0.3 is 0 Å². The molecule has 1 heterocycles. The van der Waals surface area contributed by atoms with E-state index >= 15 is 4.39 Å². The Kier molecular flexibility index (Phi) is 10.2. The fourth-order valence-electron chi connectivity index (χ4n) is 6.48. The zero-order valence-corrected chi connectivity index (χ0v) is 28.9. The number of aliphatic imine (C=N–C) groups is 1. The second kappa shape index (κ2) is 15.6. The summed E-state index contributed by atoms with van der Waals surface area (Å²) in [5, 5.41) is 14.5. The topological polar surface area (TPSA) is 80.9 Å².